The van der Waals surface area contributed by atoms with Crippen LogP contribution in [0.3, 0.4) is 0 Å². The predicted molar refractivity (Wildman–Crippen MR) is 102 cm³/mol. The number of amides is 2. The summed E-state index contributed by atoms with van der Waals surface area (Å²) in [6, 6.07) is 12.7. The summed E-state index contributed by atoms with van der Waals surface area (Å²) in [6.45, 7) is 0.182. The highest BCUT2D eigenvalue weighted by Crippen LogP contribution is 2.14. The van der Waals surface area contributed by atoms with Crippen LogP contribution in [0.25, 0.3) is 0 Å². The molecule has 0 aliphatic heterocycles. The molecule has 0 bridgehead atoms. The molecule has 7 nitrogen and oxygen atoms in total. The van der Waals surface area contributed by atoms with Gasteiger partial charge in [0.15, 0.2) is 0 Å². The molecule has 0 heterocycles. The molecule has 2 amide bonds. The lowest BCUT2D eigenvalue weighted by Gasteiger charge is -2.08. The number of anilines is 2. The van der Waals surface area contributed by atoms with Crippen LogP contribution in [0.4, 0.5) is 11.4 Å². The molecule has 3 N–H and O–H groups in total. The fraction of sp³-hybridized carbons (Fsp3) is 0.176. The number of rotatable bonds is 7. The average molecular weight is 396 g/mol. The minimum atomic E-state index is -3.34. The molecule has 0 spiro atoms. The number of benzene rings is 2. The van der Waals surface area contributed by atoms with Gasteiger partial charge in [-0.15, -0.1) is 0 Å². The van der Waals surface area contributed by atoms with E-state index in [1.807, 2.05) is 0 Å². The third kappa shape index (κ3) is 6.73. The Kier molecular flexibility index (Phi) is 6.59. The molecule has 0 saturated heterocycles. The molecular formula is C17H18ClN3O4S. The van der Waals surface area contributed by atoms with Crippen LogP contribution in [0, 0.1) is 0 Å². The summed E-state index contributed by atoms with van der Waals surface area (Å²) in [5.74, 6) is -0.559. The zero-order valence-electron chi connectivity index (χ0n) is 14.0. The Balaban J connectivity index is 1.78. The van der Waals surface area contributed by atoms with Crippen molar-refractivity contribution < 1.29 is 18.0 Å². The Morgan fingerprint density at radius 1 is 0.962 bits per heavy atom. The highest BCUT2D eigenvalue weighted by atomic mass is 35.5. The predicted octanol–water partition coefficient (Wildman–Crippen LogP) is 2.47. The van der Waals surface area contributed by atoms with Gasteiger partial charge >= 0.3 is 0 Å². The van der Waals surface area contributed by atoms with Crippen molar-refractivity contribution in [3.63, 3.8) is 0 Å². The van der Waals surface area contributed by atoms with Crippen LogP contribution in [0.1, 0.15) is 16.8 Å². The highest BCUT2D eigenvalue weighted by Gasteiger charge is 2.07. The molecule has 0 atom stereocenters. The van der Waals surface area contributed by atoms with Gasteiger partial charge in [0.25, 0.3) is 5.91 Å². The molecule has 9 heteroatoms. The lowest BCUT2D eigenvalue weighted by molar-refractivity contribution is -0.116. The van der Waals surface area contributed by atoms with E-state index in [9.17, 15) is 18.0 Å². The van der Waals surface area contributed by atoms with Gasteiger partial charge < -0.3 is 10.6 Å². The van der Waals surface area contributed by atoms with Gasteiger partial charge in [-0.1, -0.05) is 11.6 Å². The number of halogens is 1. The van der Waals surface area contributed by atoms with Gasteiger partial charge in [-0.2, -0.15) is 0 Å². The summed E-state index contributed by atoms with van der Waals surface area (Å²) in [6.07, 6.45) is 1.16. The first-order valence-electron chi connectivity index (χ1n) is 7.64. The zero-order valence-corrected chi connectivity index (χ0v) is 15.5. The summed E-state index contributed by atoms with van der Waals surface area (Å²) >= 11 is 5.76. The van der Waals surface area contributed by atoms with Crippen molar-refractivity contribution in [3.05, 3.63) is 59.1 Å². The topological polar surface area (TPSA) is 104 Å². The summed E-state index contributed by atoms with van der Waals surface area (Å²) in [5, 5.41) is 5.86. The first kappa shape index (κ1) is 19.7. The van der Waals surface area contributed by atoms with Crippen LogP contribution in [0.2, 0.25) is 5.02 Å². The van der Waals surface area contributed by atoms with E-state index in [-0.39, 0.29) is 24.8 Å². The second kappa shape index (κ2) is 8.68. The number of carbonyl (C=O) groups excluding carboxylic acids is 2. The lowest BCUT2D eigenvalue weighted by Crippen LogP contribution is -2.27. The Morgan fingerprint density at radius 3 is 2.12 bits per heavy atom. The monoisotopic (exact) mass is 395 g/mol. The summed E-state index contributed by atoms with van der Waals surface area (Å²) < 4.78 is 24.6. The van der Waals surface area contributed by atoms with Crippen molar-refractivity contribution in [2.75, 3.05) is 22.8 Å². The van der Waals surface area contributed by atoms with E-state index in [2.05, 4.69) is 15.4 Å². The molecule has 0 fully saturated rings. The first-order valence-corrected chi connectivity index (χ1v) is 9.91. The number of nitrogens with one attached hydrogen (secondary N) is 3. The maximum absolute atomic E-state index is 11.9. The van der Waals surface area contributed by atoms with Crippen LogP contribution < -0.4 is 15.4 Å². The van der Waals surface area contributed by atoms with E-state index >= 15 is 0 Å². The van der Waals surface area contributed by atoms with Gasteiger partial charge in [0.05, 0.1) is 6.26 Å². The number of sulfonamides is 1. The smallest absolute Gasteiger partial charge is 0.251 e. The van der Waals surface area contributed by atoms with Crippen molar-refractivity contribution >= 4 is 44.8 Å². The van der Waals surface area contributed by atoms with Crippen molar-refractivity contribution in [2.45, 2.75) is 6.42 Å². The Labute approximate surface area is 156 Å². The second-order valence-electron chi connectivity index (χ2n) is 5.51. The molecule has 0 radical (unpaired) electrons. The van der Waals surface area contributed by atoms with E-state index in [1.54, 1.807) is 48.5 Å². The van der Waals surface area contributed by atoms with Gasteiger partial charge in [0, 0.05) is 34.9 Å². The number of hydrogen-bond acceptors (Lipinski definition) is 4. The van der Waals surface area contributed by atoms with E-state index in [4.69, 9.17) is 11.6 Å². The second-order valence-corrected chi connectivity index (χ2v) is 7.70. The molecule has 26 heavy (non-hydrogen) atoms. The summed E-state index contributed by atoms with van der Waals surface area (Å²) in [7, 11) is -3.34. The Hall–Kier alpha value is -2.58. The maximum Gasteiger partial charge on any atom is 0.251 e. The quantitative estimate of drug-likeness (QED) is 0.669. The molecule has 0 unspecified atom stereocenters. The van der Waals surface area contributed by atoms with Crippen molar-refractivity contribution in [1.82, 2.24) is 5.32 Å². The molecule has 138 valence electrons. The molecule has 0 saturated carbocycles. The molecule has 2 aromatic carbocycles. The zero-order chi connectivity index (χ0) is 19.2. The highest BCUT2D eigenvalue weighted by molar-refractivity contribution is 7.92. The third-order valence-corrected chi connectivity index (χ3v) is 4.07. The first-order chi connectivity index (χ1) is 12.2. The van der Waals surface area contributed by atoms with Gasteiger partial charge in [-0.3, -0.25) is 14.3 Å². The minimum absolute atomic E-state index is 0.0999. The van der Waals surface area contributed by atoms with Crippen LogP contribution in [0.5, 0.6) is 0 Å². The van der Waals surface area contributed by atoms with E-state index < -0.39 is 10.0 Å². The largest absolute Gasteiger partial charge is 0.352 e. The average Bonchev–Trinajstić information content (AvgIpc) is 2.56. The number of carbonyl (C=O) groups is 2. The number of hydrogen-bond donors (Lipinski definition) is 3. The maximum atomic E-state index is 11.9. The van der Waals surface area contributed by atoms with Crippen LogP contribution >= 0.6 is 11.6 Å². The summed E-state index contributed by atoms with van der Waals surface area (Å²) in [5.41, 5.74) is 1.39. The molecule has 0 aliphatic carbocycles. The molecule has 2 aromatic rings. The van der Waals surface area contributed by atoms with Gasteiger partial charge in [-0.05, 0) is 48.5 Å². The lowest BCUT2D eigenvalue weighted by atomic mass is 10.2. The third-order valence-electron chi connectivity index (χ3n) is 3.22. The molecule has 2 rings (SSSR count). The summed E-state index contributed by atoms with van der Waals surface area (Å²) in [4.78, 5) is 23.8. The van der Waals surface area contributed by atoms with E-state index in [0.717, 1.165) is 6.26 Å². The normalized spacial score (nSPS) is 10.8. The SMILES string of the molecule is CS(=O)(=O)Nc1ccc(NC(=O)CCNC(=O)c2ccc(Cl)cc2)cc1. The fourth-order valence-corrected chi connectivity index (χ4v) is 2.74. The standard InChI is InChI=1S/C17H18ClN3O4S/c1-26(24,25)21-15-8-6-14(7-9-15)20-16(22)10-11-19-17(23)12-2-4-13(18)5-3-12/h2-9,21H,10-11H2,1H3,(H,19,23)(H,20,22). The van der Waals surface area contributed by atoms with Gasteiger partial charge in [0.1, 0.15) is 0 Å². The van der Waals surface area contributed by atoms with Crippen molar-refractivity contribution in [3.8, 4) is 0 Å². The van der Waals surface area contributed by atoms with Crippen molar-refractivity contribution in [2.24, 2.45) is 0 Å². The van der Waals surface area contributed by atoms with Crippen LogP contribution in [-0.2, 0) is 14.8 Å². The Morgan fingerprint density at radius 2 is 1.54 bits per heavy atom. The van der Waals surface area contributed by atoms with Gasteiger partial charge in [0.2, 0.25) is 15.9 Å². The molecular weight excluding hydrogens is 378 g/mol. The van der Waals surface area contributed by atoms with E-state index in [0.29, 0.717) is 22.0 Å². The van der Waals surface area contributed by atoms with Crippen LogP contribution in [0.15, 0.2) is 48.5 Å². The van der Waals surface area contributed by atoms with Gasteiger partial charge in [-0.25, -0.2) is 8.42 Å². The van der Waals surface area contributed by atoms with E-state index in [1.165, 1.54) is 0 Å². The molecule has 0 aliphatic rings. The minimum Gasteiger partial charge on any atom is -0.352 e. The Bertz CT molecular complexity index is 881. The molecule has 0 aromatic heterocycles. The van der Waals surface area contributed by atoms with Crippen LogP contribution in [-0.4, -0.2) is 33.0 Å². The fourth-order valence-electron chi connectivity index (χ4n) is 2.05. The van der Waals surface area contributed by atoms with Crippen molar-refractivity contribution in [1.29, 1.82) is 0 Å².